The molecule has 1 aromatic carbocycles. The average Bonchev–Trinajstić information content (AvgIpc) is 2.39. The summed E-state index contributed by atoms with van der Waals surface area (Å²) >= 11 is 0. The average molecular weight is 232 g/mol. The van der Waals surface area contributed by atoms with Crippen molar-refractivity contribution in [3.05, 3.63) is 29.3 Å². The van der Waals surface area contributed by atoms with Crippen LogP contribution in [-0.2, 0) is 12.0 Å². The zero-order valence-corrected chi connectivity index (χ0v) is 10.4. The van der Waals surface area contributed by atoms with Crippen molar-refractivity contribution in [2.24, 2.45) is 0 Å². The zero-order valence-electron chi connectivity index (χ0n) is 10.4. The highest BCUT2D eigenvalue weighted by Crippen LogP contribution is 2.30. The molecule has 1 aromatic rings. The summed E-state index contributed by atoms with van der Waals surface area (Å²) in [7, 11) is 0. The summed E-state index contributed by atoms with van der Waals surface area (Å²) in [5, 5.41) is 7.08. The molecule has 2 heterocycles. The third-order valence-corrected chi connectivity index (χ3v) is 3.84. The molecule has 2 aliphatic heterocycles. The third-order valence-electron chi connectivity index (χ3n) is 3.84. The number of hydrogen-bond donors (Lipinski definition) is 2. The molecule has 0 bridgehead atoms. The highest BCUT2D eigenvalue weighted by molar-refractivity contribution is 5.41. The van der Waals surface area contributed by atoms with E-state index in [0.29, 0.717) is 0 Å². The van der Waals surface area contributed by atoms with Crippen molar-refractivity contribution in [1.29, 1.82) is 0 Å². The quantitative estimate of drug-likeness (QED) is 0.768. The van der Waals surface area contributed by atoms with Crippen LogP contribution in [0.3, 0.4) is 0 Å². The first kappa shape index (κ1) is 11.1. The van der Waals surface area contributed by atoms with Crippen LogP contribution >= 0.6 is 0 Å². The second kappa shape index (κ2) is 4.31. The van der Waals surface area contributed by atoms with E-state index in [1.165, 1.54) is 11.1 Å². The van der Waals surface area contributed by atoms with Gasteiger partial charge in [0, 0.05) is 19.6 Å². The lowest BCUT2D eigenvalue weighted by Gasteiger charge is -2.36. The summed E-state index contributed by atoms with van der Waals surface area (Å²) in [5.41, 5.74) is 2.79. The van der Waals surface area contributed by atoms with E-state index in [1.807, 2.05) is 0 Å². The summed E-state index contributed by atoms with van der Waals surface area (Å²) in [6.45, 7) is 6.22. The molecule has 3 heteroatoms. The van der Waals surface area contributed by atoms with E-state index >= 15 is 0 Å². The van der Waals surface area contributed by atoms with Gasteiger partial charge in [0.25, 0.3) is 0 Å². The Labute approximate surface area is 103 Å². The van der Waals surface area contributed by atoms with Crippen LogP contribution in [0, 0.1) is 0 Å². The van der Waals surface area contributed by atoms with E-state index in [1.54, 1.807) is 0 Å². The molecular formula is C14H20N2O. The second-order valence-electron chi connectivity index (χ2n) is 5.21. The van der Waals surface area contributed by atoms with Crippen molar-refractivity contribution in [1.82, 2.24) is 10.6 Å². The van der Waals surface area contributed by atoms with Gasteiger partial charge in [0.2, 0.25) is 0 Å². The van der Waals surface area contributed by atoms with Gasteiger partial charge < -0.3 is 15.4 Å². The van der Waals surface area contributed by atoms with Gasteiger partial charge in [0.1, 0.15) is 5.75 Å². The van der Waals surface area contributed by atoms with Gasteiger partial charge in [-0.25, -0.2) is 0 Å². The van der Waals surface area contributed by atoms with Gasteiger partial charge >= 0.3 is 0 Å². The topological polar surface area (TPSA) is 33.3 Å². The number of aryl methyl sites for hydroxylation is 1. The Kier molecular flexibility index (Phi) is 2.81. The Morgan fingerprint density at radius 2 is 2.24 bits per heavy atom. The highest BCUT2D eigenvalue weighted by atomic mass is 16.5. The van der Waals surface area contributed by atoms with Gasteiger partial charge in [-0.15, -0.1) is 0 Å². The van der Waals surface area contributed by atoms with Gasteiger partial charge in [0.15, 0.2) is 0 Å². The minimum atomic E-state index is 0.0602. The number of hydrogen-bond acceptors (Lipinski definition) is 3. The molecule has 1 unspecified atom stereocenters. The largest absolute Gasteiger partial charge is 0.493 e. The molecule has 2 aliphatic rings. The number of ether oxygens (including phenoxy) is 1. The highest BCUT2D eigenvalue weighted by Gasteiger charge is 2.29. The molecule has 17 heavy (non-hydrogen) atoms. The molecule has 0 saturated carbocycles. The molecule has 2 N–H and O–H groups in total. The van der Waals surface area contributed by atoms with Crippen molar-refractivity contribution in [3.8, 4) is 5.75 Å². The minimum absolute atomic E-state index is 0.0602. The van der Waals surface area contributed by atoms with Crippen LogP contribution in [0.5, 0.6) is 5.75 Å². The third kappa shape index (κ3) is 2.05. The van der Waals surface area contributed by atoms with Gasteiger partial charge in [-0.1, -0.05) is 12.1 Å². The van der Waals surface area contributed by atoms with Crippen LogP contribution in [-0.4, -0.2) is 26.2 Å². The lowest BCUT2D eigenvalue weighted by molar-refractivity contribution is 0.284. The predicted octanol–water partition coefficient (Wildman–Crippen LogP) is 1.42. The molecular weight excluding hydrogens is 212 g/mol. The second-order valence-corrected chi connectivity index (χ2v) is 5.21. The summed E-state index contributed by atoms with van der Waals surface area (Å²) in [6.07, 6.45) is 2.28. The molecule has 0 radical (unpaired) electrons. The molecule has 1 fully saturated rings. The Hall–Kier alpha value is -1.06. The van der Waals surface area contributed by atoms with Crippen LogP contribution < -0.4 is 15.4 Å². The normalized spacial score (nSPS) is 28.3. The first-order valence-corrected chi connectivity index (χ1v) is 6.50. The number of rotatable bonds is 1. The summed E-state index contributed by atoms with van der Waals surface area (Å²) in [6, 6.07) is 6.64. The van der Waals surface area contributed by atoms with Crippen LogP contribution in [0.15, 0.2) is 18.2 Å². The summed E-state index contributed by atoms with van der Waals surface area (Å²) in [5.74, 6) is 1.08. The zero-order chi connectivity index (χ0) is 11.7. The van der Waals surface area contributed by atoms with Crippen molar-refractivity contribution >= 4 is 0 Å². The molecule has 0 amide bonds. The standard InChI is InChI=1S/C14H20N2O/c1-14(10-15-6-7-16-14)12-4-5-13-11(9-12)3-2-8-17-13/h4-5,9,15-16H,2-3,6-8,10H2,1H3. The predicted molar refractivity (Wildman–Crippen MR) is 68.5 cm³/mol. The molecule has 92 valence electrons. The number of nitrogens with one attached hydrogen (secondary N) is 2. The monoisotopic (exact) mass is 232 g/mol. The van der Waals surface area contributed by atoms with Crippen molar-refractivity contribution < 1.29 is 4.74 Å². The molecule has 1 saturated heterocycles. The maximum atomic E-state index is 5.66. The minimum Gasteiger partial charge on any atom is -0.493 e. The summed E-state index contributed by atoms with van der Waals surface area (Å²) < 4.78 is 5.66. The molecule has 3 rings (SSSR count). The molecule has 0 spiro atoms. The van der Waals surface area contributed by atoms with E-state index in [0.717, 1.165) is 44.8 Å². The van der Waals surface area contributed by atoms with E-state index in [2.05, 4.69) is 35.8 Å². The van der Waals surface area contributed by atoms with Crippen LogP contribution in [0.2, 0.25) is 0 Å². The van der Waals surface area contributed by atoms with Crippen LogP contribution in [0.4, 0.5) is 0 Å². The maximum Gasteiger partial charge on any atom is 0.122 e. The molecule has 1 atom stereocenters. The van der Waals surface area contributed by atoms with E-state index in [9.17, 15) is 0 Å². The van der Waals surface area contributed by atoms with Crippen LogP contribution in [0.25, 0.3) is 0 Å². The van der Waals surface area contributed by atoms with Crippen molar-refractivity contribution in [3.63, 3.8) is 0 Å². The smallest absolute Gasteiger partial charge is 0.122 e. The van der Waals surface area contributed by atoms with E-state index in [-0.39, 0.29) is 5.54 Å². The fourth-order valence-corrected chi connectivity index (χ4v) is 2.74. The van der Waals surface area contributed by atoms with Gasteiger partial charge in [-0.2, -0.15) is 0 Å². The van der Waals surface area contributed by atoms with Crippen LogP contribution in [0.1, 0.15) is 24.5 Å². The molecule has 3 nitrogen and oxygen atoms in total. The fraction of sp³-hybridized carbons (Fsp3) is 0.571. The van der Waals surface area contributed by atoms with Gasteiger partial charge in [-0.05, 0) is 37.0 Å². The SMILES string of the molecule is CC1(c2ccc3c(c2)CCCO3)CNCCN1. The Bertz CT molecular complexity index is 411. The Balaban J connectivity index is 1.92. The molecule has 0 aromatic heterocycles. The number of fused-ring (bicyclic) bond motifs is 1. The van der Waals surface area contributed by atoms with Crippen molar-refractivity contribution in [2.75, 3.05) is 26.2 Å². The van der Waals surface area contributed by atoms with Crippen molar-refractivity contribution in [2.45, 2.75) is 25.3 Å². The number of piperazine rings is 1. The van der Waals surface area contributed by atoms with Gasteiger partial charge in [-0.3, -0.25) is 0 Å². The maximum absolute atomic E-state index is 5.66. The van der Waals surface area contributed by atoms with E-state index in [4.69, 9.17) is 4.74 Å². The Morgan fingerprint density at radius 3 is 3.06 bits per heavy atom. The fourth-order valence-electron chi connectivity index (χ4n) is 2.74. The lowest BCUT2D eigenvalue weighted by Crippen LogP contribution is -2.55. The first-order chi connectivity index (χ1) is 8.28. The van der Waals surface area contributed by atoms with Gasteiger partial charge in [0.05, 0.1) is 12.1 Å². The number of benzene rings is 1. The molecule has 0 aliphatic carbocycles. The summed E-state index contributed by atoms with van der Waals surface area (Å²) in [4.78, 5) is 0. The Morgan fingerprint density at radius 1 is 1.29 bits per heavy atom. The lowest BCUT2D eigenvalue weighted by atomic mass is 9.88. The van der Waals surface area contributed by atoms with E-state index < -0.39 is 0 Å². The first-order valence-electron chi connectivity index (χ1n) is 6.50.